The summed E-state index contributed by atoms with van der Waals surface area (Å²) < 4.78 is 5.44. The predicted octanol–water partition coefficient (Wildman–Crippen LogP) is 3.81. The van der Waals surface area contributed by atoms with E-state index in [1.807, 2.05) is 32.9 Å². The monoisotopic (exact) mass is 347 g/mol. The van der Waals surface area contributed by atoms with Gasteiger partial charge in [0.05, 0.1) is 6.54 Å². The maximum atomic E-state index is 12.2. The molecule has 1 saturated heterocycles. The standard InChI is InChI=1S/C20H33N3O2/c1-20(2,3)25-19(24)23(5)15-17-10-6-7-11-18(17)21-13-16-9-8-12-22(4)14-16/h6-7,10-11,16,21H,8-9,12-15H2,1-5H3. The Morgan fingerprint density at radius 2 is 2.08 bits per heavy atom. The van der Waals surface area contributed by atoms with Gasteiger partial charge in [0.1, 0.15) is 5.60 Å². The van der Waals surface area contributed by atoms with Crippen molar-refractivity contribution in [3.63, 3.8) is 0 Å². The number of rotatable bonds is 5. The van der Waals surface area contributed by atoms with Crippen molar-refractivity contribution in [2.45, 2.75) is 45.8 Å². The molecule has 1 aromatic carbocycles. The van der Waals surface area contributed by atoms with Gasteiger partial charge in [-0.25, -0.2) is 4.79 Å². The van der Waals surface area contributed by atoms with Crippen LogP contribution in [0, 0.1) is 5.92 Å². The van der Waals surface area contributed by atoms with E-state index in [0.717, 1.165) is 24.3 Å². The second-order valence-corrected chi connectivity index (χ2v) is 8.14. The zero-order valence-electron chi connectivity index (χ0n) is 16.3. The number of piperidine rings is 1. The number of nitrogens with one attached hydrogen (secondary N) is 1. The lowest BCUT2D eigenvalue weighted by Gasteiger charge is -2.30. The van der Waals surface area contributed by atoms with E-state index >= 15 is 0 Å². The molecule has 5 nitrogen and oxygen atoms in total. The van der Waals surface area contributed by atoms with Crippen LogP contribution in [0.2, 0.25) is 0 Å². The molecule has 25 heavy (non-hydrogen) atoms. The number of benzene rings is 1. The number of anilines is 1. The molecule has 0 bridgehead atoms. The van der Waals surface area contributed by atoms with E-state index in [1.165, 1.54) is 19.4 Å². The van der Waals surface area contributed by atoms with Gasteiger partial charge in [-0.15, -0.1) is 0 Å². The van der Waals surface area contributed by atoms with E-state index in [1.54, 1.807) is 11.9 Å². The minimum Gasteiger partial charge on any atom is -0.444 e. The van der Waals surface area contributed by atoms with E-state index in [9.17, 15) is 4.79 Å². The second kappa shape index (κ2) is 8.56. The first kappa shape index (κ1) is 19.6. The first-order valence-electron chi connectivity index (χ1n) is 9.19. The molecule has 1 N–H and O–H groups in total. The number of para-hydroxylation sites is 1. The Morgan fingerprint density at radius 1 is 1.36 bits per heavy atom. The van der Waals surface area contributed by atoms with Gasteiger partial charge in [-0.1, -0.05) is 18.2 Å². The fraction of sp³-hybridized carbons (Fsp3) is 0.650. The van der Waals surface area contributed by atoms with Crippen LogP contribution in [0.3, 0.4) is 0 Å². The van der Waals surface area contributed by atoms with E-state index in [4.69, 9.17) is 4.74 Å². The van der Waals surface area contributed by atoms with Gasteiger partial charge in [-0.2, -0.15) is 0 Å². The van der Waals surface area contributed by atoms with Crippen LogP contribution in [0.4, 0.5) is 10.5 Å². The highest BCUT2D eigenvalue weighted by Gasteiger charge is 2.21. The normalized spacial score (nSPS) is 18.7. The maximum Gasteiger partial charge on any atom is 0.410 e. The van der Waals surface area contributed by atoms with Gasteiger partial charge in [0, 0.05) is 25.8 Å². The average Bonchev–Trinajstić information content (AvgIpc) is 2.52. The molecule has 0 aliphatic carbocycles. The van der Waals surface area contributed by atoms with Crippen LogP contribution >= 0.6 is 0 Å². The minimum atomic E-state index is -0.476. The molecular weight excluding hydrogens is 314 g/mol. The summed E-state index contributed by atoms with van der Waals surface area (Å²) in [5.41, 5.74) is 1.74. The van der Waals surface area contributed by atoms with E-state index in [0.29, 0.717) is 12.5 Å². The van der Waals surface area contributed by atoms with Crippen molar-refractivity contribution in [3.05, 3.63) is 29.8 Å². The topological polar surface area (TPSA) is 44.8 Å². The molecule has 0 spiro atoms. The summed E-state index contributed by atoms with van der Waals surface area (Å²) in [6, 6.07) is 8.20. The highest BCUT2D eigenvalue weighted by molar-refractivity contribution is 5.68. The summed E-state index contributed by atoms with van der Waals surface area (Å²) in [5.74, 6) is 0.676. The summed E-state index contributed by atoms with van der Waals surface area (Å²) in [7, 11) is 3.97. The third-order valence-electron chi connectivity index (χ3n) is 4.43. The van der Waals surface area contributed by atoms with Crippen LogP contribution in [0.25, 0.3) is 0 Å². The zero-order chi connectivity index (χ0) is 18.4. The van der Waals surface area contributed by atoms with Crippen molar-refractivity contribution < 1.29 is 9.53 Å². The van der Waals surface area contributed by atoms with Crippen LogP contribution in [0.1, 0.15) is 39.2 Å². The number of hydrogen-bond donors (Lipinski definition) is 1. The SMILES string of the molecule is CN1CCCC(CNc2ccccc2CN(C)C(=O)OC(C)(C)C)C1. The highest BCUT2D eigenvalue weighted by atomic mass is 16.6. The Balaban J connectivity index is 1.94. The molecule has 0 radical (unpaired) electrons. The van der Waals surface area contributed by atoms with Crippen molar-refractivity contribution >= 4 is 11.8 Å². The number of carbonyl (C=O) groups excluding carboxylic acids is 1. The largest absolute Gasteiger partial charge is 0.444 e. The molecule has 1 unspecified atom stereocenters. The molecule has 1 aliphatic rings. The lowest BCUT2D eigenvalue weighted by atomic mass is 9.98. The van der Waals surface area contributed by atoms with Crippen molar-refractivity contribution in [1.29, 1.82) is 0 Å². The number of amides is 1. The molecule has 1 atom stereocenters. The van der Waals surface area contributed by atoms with Crippen LogP contribution in [0.15, 0.2) is 24.3 Å². The summed E-state index contributed by atoms with van der Waals surface area (Å²) in [6.07, 6.45) is 2.25. The molecule has 140 valence electrons. The molecule has 2 rings (SSSR count). The predicted molar refractivity (Wildman–Crippen MR) is 103 cm³/mol. The lowest BCUT2D eigenvalue weighted by molar-refractivity contribution is 0.0285. The van der Waals surface area contributed by atoms with Crippen molar-refractivity contribution in [2.75, 3.05) is 39.0 Å². The third kappa shape index (κ3) is 6.58. The summed E-state index contributed by atoms with van der Waals surface area (Å²) in [5, 5.41) is 3.59. The maximum absolute atomic E-state index is 12.2. The molecule has 1 amide bonds. The third-order valence-corrected chi connectivity index (χ3v) is 4.43. The number of hydrogen-bond acceptors (Lipinski definition) is 4. The zero-order valence-corrected chi connectivity index (χ0v) is 16.3. The van der Waals surface area contributed by atoms with Crippen LogP contribution in [0.5, 0.6) is 0 Å². The van der Waals surface area contributed by atoms with Gasteiger partial charge in [0.25, 0.3) is 0 Å². The highest BCUT2D eigenvalue weighted by Crippen LogP contribution is 2.21. The van der Waals surface area contributed by atoms with Crippen LogP contribution in [-0.4, -0.2) is 55.2 Å². The molecule has 0 saturated carbocycles. The molecular formula is C20H33N3O2. The molecule has 1 heterocycles. The van der Waals surface area contributed by atoms with Gasteiger partial charge in [0.2, 0.25) is 0 Å². The van der Waals surface area contributed by atoms with E-state index in [2.05, 4.69) is 29.4 Å². The number of nitrogens with zero attached hydrogens (tertiary/aromatic N) is 2. The Labute approximate surface area is 152 Å². The smallest absolute Gasteiger partial charge is 0.410 e. The molecule has 5 heteroatoms. The molecule has 0 aromatic heterocycles. The first-order chi connectivity index (χ1) is 11.7. The van der Waals surface area contributed by atoms with Gasteiger partial charge in [-0.3, -0.25) is 0 Å². The lowest BCUT2D eigenvalue weighted by Crippen LogP contribution is -2.35. The Kier molecular flexibility index (Phi) is 6.71. The fourth-order valence-electron chi connectivity index (χ4n) is 3.18. The number of carbonyl (C=O) groups is 1. The van der Waals surface area contributed by atoms with Gasteiger partial charge in [0.15, 0.2) is 0 Å². The van der Waals surface area contributed by atoms with Crippen LogP contribution < -0.4 is 5.32 Å². The molecule has 1 fully saturated rings. The van der Waals surface area contributed by atoms with E-state index in [-0.39, 0.29) is 6.09 Å². The van der Waals surface area contributed by atoms with Crippen molar-refractivity contribution in [2.24, 2.45) is 5.92 Å². The average molecular weight is 348 g/mol. The number of ether oxygens (including phenoxy) is 1. The molecule has 1 aliphatic heterocycles. The van der Waals surface area contributed by atoms with Crippen LogP contribution in [-0.2, 0) is 11.3 Å². The minimum absolute atomic E-state index is 0.295. The quantitative estimate of drug-likeness (QED) is 0.880. The summed E-state index contributed by atoms with van der Waals surface area (Å²) >= 11 is 0. The Hall–Kier alpha value is -1.75. The summed E-state index contributed by atoms with van der Waals surface area (Å²) in [6.45, 7) is 9.50. The van der Waals surface area contributed by atoms with Gasteiger partial charge in [-0.05, 0) is 64.8 Å². The fourth-order valence-corrected chi connectivity index (χ4v) is 3.18. The van der Waals surface area contributed by atoms with Gasteiger partial charge >= 0.3 is 6.09 Å². The van der Waals surface area contributed by atoms with Gasteiger partial charge < -0.3 is 19.9 Å². The first-order valence-corrected chi connectivity index (χ1v) is 9.19. The van der Waals surface area contributed by atoms with E-state index < -0.39 is 5.60 Å². The second-order valence-electron chi connectivity index (χ2n) is 8.14. The number of likely N-dealkylation sites (tertiary alicyclic amines) is 1. The molecule has 1 aromatic rings. The van der Waals surface area contributed by atoms with Crippen molar-refractivity contribution in [3.8, 4) is 0 Å². The Bertz CT molecular complexity index is 568. The van der Waals surface area contributed by atoms with Crippen molar-refractivity contribution in [1.82, 2.24) is 9.80 Å². The Morgan fingerprint density at radius 3 is 2.76 bits per heavy atom. The summed E-state index contributed by atoms with van der Waals surface area (Å²) in [4.78, 5) is 16.2.